The summed E-state index contributed by atoms with van der Waals surface area (Å²) in [6.45, 7) is 2.25. The fourth-order valence-electron chi connectivity index (χ4n) is 0.580. The number of hydrogen-bond acceptors (Lipinski definition) is 3. The number of aryl methyl sites for hydroxylation is 1. The molecule has 0 spiro atoms. The van der Waals surface area contributed by atoms with E-state index in [1.54, 1.807) is 12.1 Å². The lowest BCUT2D eigenvalue weighted by Crippen LogP contribution is -1.89. The van der Waals surface area contributed by atoms with E-state index >= 15 is 0 Å². The Morgan fingerprint density at radius 1 is 1.60 bits per heavy atom. The van der Waals surface area contributed by atoms with Crippen LogP contribution in [0, 0.1) is 6.92 Å². The SMILES string of the molecule is Cc1ccc(OC=O)cn1. The van der Waals surface area contributed by atoms with Crippen LogP contribution in [0.15, 0.2) is 18.3 Å². The van der Waals surface area contributed by atoms with E-state index in [1.807, 2.05) is 6.92 Å². The van der Waals surface area contributed by atoms with Crippen LogP contribution in [0.3, 0.4) is 0 Å². The van der Waals surface area contributed by atoms with Gasteiger partial charge in [0.1, 0.15) is 5.75 Å². The van der Waals surface area contributed by atoms with Gasteiger partial charge in [0.05, 0.1) is 6.20 Å². The zero-order valence-corrected chi connectivity index (χ0v) is 5.57. The van der Waals surface area contributed by atoms with Crippen LogP contribution in [0.4, 0.5) is 0 Å². The first kappa shape index (κ1) is 6.74. The van der Waals surface area contributed by atoms with E-state index in [0.717, 1.165) is 5.69 Å². The Morgan fingerprint density at radius 2 is 2.40 bits per heavy atom. The molecule has 0 saturated heterocycles. The Hall–Kier alpha value is -1.38. The monoisotopic (exact) mass is 137 g/mol. The lowest BCUT2D eigenvalue weighted by Gasteiger charge is -1.94. The van der Waals surface area contributed by atoms with Crippen molar-refractivity contribution in [2.75, 3.05) is 0 Å². The average molecular weight is 137 g/mol. The second kappa shape index (κ2) is 2.96. The van der Waals surface area contributed by atoms with Gasteiger partial charge < -0.3 is 4.74 Å². The fourth-order valence-corrected chi connectivity index (χ4v) is 0.580. The summed E-state index contributed by atoms with van der Waals surface area (Å²) in [4.78, 5) is 13.7. The maximum absolute atomic E-state index is 9.81. The summed E-state index contributed by atoms with van der Waals surface area (Å²) in [5, 5.41) is 0. The van der Waals surface area contributed by atoms with Gasteiger partial charge in [0.15, 0.2) is 0 Å². The summed E-state index contributed by atoms with van der Waals surface area (Å²) in [5.74, 6) is 0.473. The third-order valence-corrected chi connectivity index (χ3v) is 1.07. The molecule has 0 fully saturated rings. The van der Waals surface area contributed by atoms with Gasteiger partial charge in [-0.05, 0) is 19.1 Å². The lowest BCUT2D eigenvalue weighted by molar-refractivity contribution is -0.120. The predicted octanol–water partition coefficient (Wildman–Crippen LogP) is 0.925. The predicted molar refractivity (Wildman–Crippen MR) is 35.7 cm³/mol. The first-order valence-corrected chi connectivity index (χ1v) is 2.86. The average Bonchev–Trinajstić information content (AvgIpc) is 1.95. The van der Waals surface area contributed by atoms with Gasteiger partial charge in [-0.15, -0.1) is 0 Å². The first-order valence-electron chi connectivity index (χ1n) is 2.86. The molecule has 3 heteroatoms. The van der Waals surface area contributed by atoms with Gasteiger partial charge in [-0.3, -0.25) is 9.78 Å². The second-order valence-electron chi connectivity index (χ2n) is 1.85. The number of pyridine rings is 1. The molecule has 52 valence electrons. The zero-order chi connectivity index (χ0) is 7.40. The molecule has 0 aromatic carbocycles. The van der Waals surface area contributed by atoms with Gasteiger partial charge in [-0.2, -0.15) is 0 Å². The van der Waals surface area contributed by atoms with Crippen LogP contribution in [-0.4, -0.2) is 11.5 Å². The summed E-state index contributed by atoms with van der Waals surface area (Å²) < 4.78 is 4.52. The van der Waals surface area contributed by atoms with Crippen molar-refractivity contribution in [2.45, 2.75) is 6.92 Å². The molecule has 3 nitrogen and oxygen atoms in total. The Kier molecular flexibility index (Phi) is 1.99. The second-order valence-corrected chi connectivity index (χ2v) is 1.85. The summed E-state index contributed by atoms with van der Waals surface area (Å²) in [6.07, 6.45) is 1.50. The lowest BCUT2D eigenvalue weighted by atomic mass is 10.4. The minimum absolute atomic E-state index is 0.381. The quantitative estimate of drug-likeness (QED) is 0.569. The minimum atomic E-state index is 0.381. The molecule has 0 saturated carbocycles. The Bertz CT molecular complexity index is 218. The highest BCUT2D eigenvalue weighted by Crippen LogP contribution is 2.06. The van der Waals surface area contributed by atoms with Crippen LogP contribution in [0.1, 0.15) is 5.69 Å². The van der Waals surface area contributed by atoms with Gasteiger partial charge in [0.2, 0.25) is 0 Å². The molecular weight excluding hydrogens is 130 g/mol. The number of hydrogen-bond donors (Lipinski definition) is 0. The molecule has 1 aromatic rings. The maximum Gasteiger partial charge on any atom is 0.298 e. The standard InChI is InChI=1S/C7H7NO2/c1-6-2-3-7(4-8-6)10-5-9/h2-5H,1H3. The molecule has 0 N–H and O–H groups in total. The van der Waals surface area contributed by atoms with Crippen molar-refractivity contribution >= 4 is 6.47 Å². The highest BCUT2D eigenvalue weighted by Gasteiger charge is 1.89. The fraction of sp³-hybridized carbons (Fsp3) is 0.143. The van der Waals surface area contributed by atoms with E-state index in [9.17, 15) is 4.79 Å². The molecule has 0 atom stereocenters. The topological polar surface area (TPSA) is 39.2 Å². The minimum Gasteiger partial charge on any atom is -0.427 e. The summed E-state index contributed by atoms with van der Waals surface area (Å²) in [5.41, 5.74) is 0.901. The summed E-state index contributed by atoms with van der Waals surface area (Å²) >= 11 is 0. The van der Waals surface area contributed by atoms with Crippen LogP contribution in [0.25, 0.3) is 0 Å². The van der Waals surface area contributed by atoms with E-state index in [0.29, 0.717) is 12.2 Å². The molecule has 0 aliphatic heterocycles. The number of nitrogens with zero attached hydrogens (tertiary/aromatic N) is 1. The molecule has 0 aliphatic carbocycles. The van der Waals surface area contributed by atoms with Crippen LogP contribution in [-0.2, 0) is 4.79 Å². The number of aromatic nitrogens is 1. The van der Waals surface area contributed by atoms with Gasteiger partial charge in [-0.25, -0.2) is 0 Å². The Morgan fingerprint density at radius 3 is 2.90 bits per heavy atom. The van der Waals surface area contributed by atoms with Crippen molar-refractivity contribution in [3.05, 3.63) is 24.0 Å². The van der Waals surface area contributed by atoms with Gasteiger partial charge in [0.25, 0.3) is 6.47 Å². The first-order chi connectivity index (χ1) is 4.83. The number of rotatable bonds is 2. The smallest absolute Gasteiger partial charge is 0.298 e. The Balaban J connectivity index is 2.78. The molecule has 0 unspecified atom stereocenters. The molecule has 1 aromatic heterocycles. The van der Waals surface area contributed by atoms with Crippen LogP contribution < -0.4 is 4.74 Å². The number of ether oxygens (including phenoxy) is 1. The van der Waals surface area contributed by atoms with Crippen LogP contribution in [0.2, 0.25) is 0 Å². The van der Waals surface area contributed by atoms with Crippen molar-refractivity contribution in [3.63, 3.8) is 0 Å². The number of carbonyl (C=O) groups is 1. The molecule has 0 aliphatic rings. The summed E-state index contributed by atoms with van der Waals surface area (Å²) in [6, 6.07) is 3.47. The van der Waals surface area contributed by atoms with Gasteiger partial charge >= 0.3 is 0 Å². The summed E-state index contributed by atoms with van der Waals surface area (Å²) in [7, 11) is 0. The van der Waals surface area contributed by atoms with Gasteiger partial charge in [0, 0.05) is 5.69 Å². The van der Waals surface area contributed by atoms with Crippen LogP contribution in [0.5, 0.6) is 5.75 Å². The van der Waals surface area contributed by atoms with Crippen molar-refractivity contribution in [1.29, 1.82) is 0 Å². The van der Waals surface area contributed by atoms with Crippen molar-refractivity contribution in [1.82, 2.24) is 4.98 Å². The molecule has 1 rings (SSSR count). The van der Waals surface area contributed by atoms with E-state index in [2.05, 4.69) is 9.72 Å². The molecule has 0 bridgehead atoms. The molecule has 0 radical (unpaired) electrons. The van der Waals surface area contributed by atoms with Crippen molar-refractivity contribution in [3.8, 4) is 5.75 Å². The van der Waals surface area contributed by atoms with E-state index in [4.69, 9.17) is 0 Å². The van der Waals surface area contributed by atoms with E-state index < -0.39 is 0 Å². The third-order valence-electron chi connectivity index (χ3n) is 1.07. The van der Waals surface area contributed by atoms with Crippen molar-refractivity contribution in [2.24, 2.45) is 0 Å². The van der Waals surface area contributed by atoms with Crippen LogP contribution >= 0.6 is 0 Å². The normalized spacial score (nSPS) is 8.90. The largest absolute Gasteiger partial charge is 0.427 e. The highest BCUT2D eigenvalue weighted by atomic mass is 16.5. The van der Waals surface area contributed by atoms with Crippen molar-refractivity contribution < 1.29 is 9.53 Å². The highest BCUT2D eigenvalue weighted by molar-refractivity contribution is 5.44. The Labute approximate surface area is 58.7 Å². The zero-order valence-electron chi connectivity index (χ0n) is 5.57. The van der Waals surface area contributed by atoms with E-state index in [1.165, 1.54) is 6.20 Å². The van der Waals surface area contributed by atoms with E-state index in [-0.39, 0.29) is 0 Å². The maximum atomic E-state index is 9.81. The number of carbonyl (C=O) groups excluding carboxylic acids is 1. The third kappa shape index (κ3) is 1.55. The van der Waals surface area contributed by atoms with Gasteiger partial charge in [-0.1, -0.05) is 0 Å². The molecule has 1 heterocycles. The molecule has 0 amide bonds. The molecule has 10 heavy (non-hydrogen) atoms. The molecular formula is C7H7NO2.